The van der Waals surface area contributed by atoms with Crippen LogP contribution >= 0.6 is 11.8 Å². The second kappa shape index (κ2) is 6.31. The highest BCUT2D eigenvalue weighted by Gasteiger charge is 2.23. The van der Waals surface area contributed by atoms with Crippen molar-refractivity contribution in [2.24, 2.45) is 16.6 Å². The molecule has 102 valence electrons. The van der Waals surface area contributed by atoms with E-state index in [1.54, 1.807) is 4.90 Å². The van der Waals surface area contributed by atoms with Gasteiger partial charge < -0.3 is 15.5 Å². The van der Waals surface area contributed by atoms with Crippen molar-refractivity contribution in [2.75, 3.05) is 44.7 Å². The molecule has 6 heteroatoms. The van der Waals surface area contributed by atoms with Gasteiger partial charge in [0.1, 0.15) is 0 Å². The standard InChI is InChI=1S/C12H22N4OS/c1-15-3-2-10(8-11(15)17)9-14-12(13)16-4-6-18-7-5-16/h10H,2-9H2,1H3,(H2,13,14). The molecule has 1 atom stereocenters. The molecule has 2 aliphatic rings. The number of nitrogens with zero attached hydrogens (tertiary/aromatic N) is 3. The van der Waals surface area contributed by atoms with Gasteiger partial charge in [0.25, 0.3) is 0 Å². The lowest BCUT2D eigenvalue weighted by Crippen LogP contribution is -2.43. The van der Waals surface area contributed by atoms with Crippen LogP contribution in [-0.2, 0) is 4.79 Å². The number of aliphatic imine (C=N–C) groups is 1. The van der Waals surface area contributed by atoms with Crippen molar-refractivity contribution >= 4 is 23.6 Å². The number of piperidine rings is 1. The second-order valence-corrected chi connectivity index (χ2v) is 6.20. The van der Waals surface area contributed by atoms with Crippen molar-refractivity contribution in [3.8, 4) is 0 Å². The van der Waals surface area contributed by atoms with Crippen molar-refractivity contribution in [1.82, 2.24) is 9.80 Å². The van der Waals surface area contributed by atoms with Crippen LogP contribution in [0.5, 0.6) is 0 Å². The minimum atomic E-state index is 0.231. The number of nitrogens with two attached hydrogens (primary N) is 1. The second-order valence-electron chi connectivity index (χ2n) is 4.97. The van der Waals surface area contributed by atoms with E-state index in [0.29, 0.717) is 24.8 Å². The van der Waals surface area contributed by atoms with Crippen LogP contribution in [0, 0.1) is 5.92 Å². The third kappa shape index (κ3) is 3.54. The number of thioether (sulfide) groups is 1. The predicted octanol–water partition coefficient (Wildman–Crippen LogP) is 0.218. The predicted molar refractivity (Wildman–Crippen MR) is 75.7 cm³/mol. The van der Waals surface area contributed by atoms with Crippen LogP contribution in [0.15, 0.2) is 4.99 Å². The monoisotopic (exact) mass is 270 g/mol. The highest BCUT2D eigenvalue weighted by molar-refractivity contribution is 7.99. The van der Waals surface area contributed by atoms with Crippen molar-refractivity contribution in [3.63, 3.8) is 0 Å². The summed E-state index contributed by atoms with van der Waals surface area (Å²) in [5.41, 5.74) is 6.00. The molecule has 2 fully saturated rings. The molecule has 0 aromatic carbocycles. The lowest BCUT2D eigenvalue weighted by molar-refractivity contribution is -0.133. The van der Waals surface area contributed by atoms with E-state index in [2.05, 4.69) is 9.89 Å². The van der Waals surface area contributed by atoms with Crippen LogP contribution in [-0.4, -0.2) is 66.4 Å². The highest BCUT2D eigenvalue weighted by Crippen LogP contribution is 2.17. The smallest absolute Gasteiger partial charge is 0.222 e. The van der Waals surface area contributed by atoms with Gasteiger partial charge in [0, 0.05) is 51.2 Å². The fraction of sp³-hybridized carbons (Fsp3) is 0.833. The Bertz CT molecular complexity index is 328. The zero-order chi connectivity index (χ0) is 13.0. The summed E-state index contributed by atoms with van der Waals surface area (Å²) in [4.78, 5) is 20.0. The first-order valence-corrected chi connectivity index (χ1v) is 7.69. The Labute approximate surface area is 113 Å². The maximum Gasteiger partial charge on any atom is 0.222 e. The van der Waals surface area contributed by atoms with E-state index in [9.17, 15) is 4.79 Å². The minimum absolute atomic E-state index is 0.231. The van der Waals surface area contributed by atoms with Gasteiger partial charge in [0.05, 0.1) is 0 Å². The summed E-state index contributed by atoms with van der Waals surface area (Å²) in [5, 5.41) is 0. The largest absolute Gasteiger partial charge is 0.370 e. The molecule has 0 aromatic rings. The van der Waals surface area contributed by atoms with E-state index in [-0.39, 0.29) is 5.91 Å². The summed E-state index contributed by atoms with van der Waals surface area (Å²) < 4.78 is 0. The first-order valence-electron chi connectivity index (χ1n) is 6.53. The topological polar surface area (TPSA) is 61.9 Å². The SMILES string of the molecule is CN1CCC(CN=C(N)N2CCSCC2)CC1=O. The van der Waals surface area contributed by atoms with Crippen molar-refractivity contribution in [3.05, 3.63) is 0 Å². The van der Waals surface area contributed by atoms with E-state index in [0.717, 1.165) is 37.6 Å². The van der Waals surface area contributed by atoms with Crippen LogP contribution in [0.4, 0.5) is 0 Å². The first-order chi connectivity index (χ1) is 8.66. The number of guanidine groups is 1. The Hall–Kier alpha value is -0.910. The summed E-state index contributed by atoms with van der Waals surface area (Å²) in [6.45, 7) is 3.52. The van der Waals surface area contributed by atoms with Crippen molar-refractivity contribution in [1.29, 1.82) is 0 Å². The number of carbonyl (C=O) groups excluding carboxylic acids is 1. The van der Waals surface area contributed by atoms with Gasteiger partial charge in [-0.25, -0.2) is 0 Å². The Kier molecular flexibility index (Phi) is 4.74. The lowest BCUT2D eigenvalue weighted by atomic mass is 9.97. The zero-order valence-electron chi connectivity index (χ0n) is 11.0. The molecule has 0 spiro atoms. The Balaban J connectivity index is 1.80. The molecule has 2 saturated heterocycles. The summed E-state index contributed by atoms with van der Waals surface area (Å²) >= 11 is 1.96. The normalized spacial score (nSPS) is 26.6. The maximum absolute atomic E-state index is 11.6. The molecule has 2 rings (SSSR count). The maximum atomic E-state index is 11.6. The number of hydrogen-bond donors (Lipinski definition) is 1. The van der Waals surface area contributed by atoms with Crippen LogP contribution in [0.3, 0.4) is 0 Å². The molecule has 1 amide bonds. The summed E-state index contributed by atoms with van der Waals surface area (Å²) in [7, 11) is 1.86. The molecule has 5 nitrogen and oxygen atoms in total. The molecular formula is C12H22N4OS. The van der Waals surface area contributed by atoms with E-state index in [1.165, 1.54) is 0 Å². The Morgan fingerprint density at radius 2 is 2.17 bits per heavy atom. The molecule has 18 heavy (non-hydrogen) atoms. The quantitative estimate of drug-likeness (QED) is 0.576. The fourth-order valence-corrected chi connectivity index (χ4v) is 3.18. The van der Waals surface area contributed by atoms with Gasteiger partial charge in [0.2, 0.25) is 5.91 Å². The number of carbonyl (C=O) groups is 1. The number of likely N-dealkylation sites (tertiary alicyclic amines) is 1. The number of amides is 1. The molecule has 0 saturated carbocycles. The molecule has 2 heterocycles. The third-order valence-electron chi connectivity index (χ3n) is 3.61. The lowest BCUT2D eigenvalue weighted by Gasteiger charge is -2.29. The Morgan fingerprint density at radius 1 is 1.44 bits per heavy atom. The van der Waals surface area contributed by atoms with E-state index >= 15 is 0 Å². The van der Waals surface area contributed by atoms with Crippen LogP contribution in [0.25, 0.3) is 0 Å². The molecule has 2 N–H and O–H groups in total. The zero-order valence-corrected chi connectivity index (χ0v) is 11.8. The summed E-state index contributed by atoms with van der Waals surface area (Å²) in [6, 6.07) is 0. The van der Waals surface area contributed by atoms with E-state index < -0.39 is 0 Å². The van der Waals surface area contributed by atoms with Gasteiger partial charge >= 0.3 is 0 Å². The molecule has 0 bridgehead atoms. The van der Waals surface area contributed by atoms with Gasteiger partial charge in [-0.3, -0.25) is 9.79 Å². The summed E-state index contributed by atoms with van der Waals surface area (Å²) in [6.07, 6.45) is 1.65. The van der Waals surface area contributed by atoms with Gasteiger partial charge in [0.15, 0.2) is 5.96 Å². The molecule has 0 aromatic heterocycles. The van der Waals surface area contributed by atoms with E-state index in [4.69, 9.17) is 5.73 Å². The van der Waals surface area contributed by atoms with Crippen LogP contribution < -0.4 is 5.73 Å². The van der Waals surface area contributed by atoms with Crippen LogP contribution in [0.1, 0.15) is 12.8 Å². The van der Waals surface area contributed by atoms with Gasteiger partial charge in [-0.05, 0) is 12.3 Å². The average molecular weight is 270 g/mol. The Morgan fingerprint density at radius 3 is 2.83 bits per heavy atom. The molecule has 2 aliphatic heterocycles. The van der Waals surface area contributed by atoms with Crippen molar-refractivity contribution < 1.29 is 4.79 Å². The van der Waals surface area contributed by atoms with Gasteiger partial charge in [-0.2, -0.15) is 11.8 Å². The minimum Gasteiger partial charge on any atom is -0.370 e. The third-order valence-corrected chi connectivity index (χ3v) is 4.55. The van der Waals surface area contributed by atoms with Gasteiger partial charge in [-0.1, -0.05) is 0 Å². The molecular weight excluding hydrogens is 248 g/mol. The highest BCUT2D eigenvalue weighted by atomic mass is 32.2. The number of hydrogen-bond acceptors (Lipinski definition) is 3. The van der Waals surface area contributed by atoms with Gasteiger partial charge in [-0.15, -0.1) is 0 Å². The average Bonchev–Trinajstić information content (AvgIpc) is 2.41. The number of rotatable bonds is 2. The summed E-state index contributed by atoms with van der Waals surface area (Å²) in [5.74, 6) is 3.51. The molecule has 0 aliphatic carbocycles. The van der Waals surface area contributed by atoms with E-state index in [1.807, 2.05) is 18.8 Å². The van der Waals surface area contributed by atoms with Crippen molar-refractivity contribution in [2.45, 2.75) is 12.8 Å². The fourth-order valence-electron chi connectivity index (χ4n) is 2.28. The first kappa shape index (κ1) is 13.5. The molecule has 1 unspecified atom stereocenters. The molecule has 0 radical (unpaired) electrons. The van der Waals surface area contributed by atoms with Crippen LogP contribution in [0.2, 0.25) is 0 Å².